The van der Waals surface area contributed by atoms with E-state index in [-0.39, 0.29) is 18.1 Å². The lowest BCUT2D eigenvalue weighted by Gasteiger charge is -2.42. The third kappa shape index (κ3) is 4.60. The minimum Gasteiger partial charge on any atom is -0.390 e. The Hall–Kier alpha value is -1.61. The van der Waals surface area contributed by atoms with E-state index in [0.717, 1.165) is 47.4 Å². The first-order valence-electron chi connectivity index (χ1n) is 9.78. The number of hydrogen-bond donors (Lipinski definition) is 3. The molecule has 3 heterocycles. The summed E-state index contributed by atoms with van der Waals surface area (Å²) in [7, 11) is 1.78. The zero-order valence-electron chi connectivity index (χ0n) is 17.4. The molecular formula is C20H29ClN6OS. The Bertz CT molecular complexity index is 870. The van der Waals surface area contributed by atoms with Gasteiger partial charge in [-0.2, -0.15) is 0 Å². The summed E-state index contributed by atoms with van der Waals surface area (Å²) in [5, 5.41) is 14.2. The average molecular weight is 437 g/mol. The Labute approximate surface area is 181 Å². The van der Waals surface area contributed by atoms with E-state index in [1.807, 2.05) is 13.0 Å². The standard InChI is InChI=1S/C20H29ClN6OS/c1-12-19(29-15-5-8-24-17(23-4)16(15)21)26-14(11-28)18(25-12)27-9-6-20(3,7-10-27)13(2)22/h5,8,13,28H,6-7,9-11,22H2,1-4H3,(H,23,24)/t13-/m0/s1. The van der Waals surface area contributed by atoms with Crippen LogP contribution < -0.4 is 16.0 Å². The van der Waals surface area contributed by atoms with Gasteiger partial charge in [0.25, 0.3) is 0 Å². The number of aryl methyl sites for hydroxylation is 1. The fraction of sp³-hybridized carbons (Fsp3) is 0.550. The van der Waals surface area contributed by atoms with Crippen LogP contribution in [0.4, 0.5) is 11.6 Å². The highest BCUT2D eigenvalue weighted by molar-refractivity contribution is 7.99. The van der Waals surface area contributed by atoms with Crippen molar-refractivity contribution in [2.45, 2.75) is 56.2 Å². The van der Waals surface area contributed by atoms with E-state index in [1.165, 1.54) is 11.8 Å². The van der Waals surface area contributed by atoms with Gasteiger partial charge >= 0.3 is 0 Å². The monoisotopic (exact) mass is 436 g/mol. The van der Waals surface area contributed by atoms with Crippen molar-refractivity contribution in [1.82, 2.24) is 15.0 Å². The van der Waals surface area contributed by atoms with Gasteiger partial charge in [0.05, 0.1) is 17.3 Å². The Balaban J connectivity index is 1.85. The van der Waals surface area contributed by atoms with E-state index in [9.17, 15) is 5.11 Å². The first-order chi connectivity index (χ1) is 13.8. The SMILES string of the molecule is CNc1nccc(Sc2nc(CO)c(N3CCC(C)([C@H](C)N)CC3)nc2C)c1Cl. The highest BCUT2D eigenvalue weighted by Gasteiger charge is 2.34. The van der Waals surface area contributed by atoms with Crippen molar-refractivity contribution in [2.24, 2.45) is 11.1 Å². The first kappa shape index (κ1) is 22.1. The summed E-state index contributed by atoms with van der Waals surface area (Å²) in [5.41, 5.74) is 7.71. The molecule has 3 rings (SSSR count). The van der Waals surface area contributed by atoms with Gasteiger partial charge in [-0.25, -0.2) is 15.0 Å². The van der Waals surface area contributed by atoms with Gasteiger partial charge < -0.3 is 21.1 Å². The molecule has 7 nitrogen and oxygen atoms in total. The van der Waals surface area contributed by atoms with E-state index < -0.39 is 0 Å². The van der Waals surface area contributed by atoms with Crippen LogP contribution >= 0.6 is 23.4 Å². The highest BCUT2D eigenvalue weighted by Crippen LogP contribution is 2.39. The fourth-order valence-corrected chi connectivity index (χ4v) is 4.64. The molecule has 4 N–H and O–H groups in total. The maximum Gasteiger partial charge on any atom is 0.153 e. The number of nitrogens with one attached hydrogen (secondary N) is 1. The van der Waals surface area contributed by atoms with Crippen LogP contribution in [-0.2, 0) is 6.61 Å². The molecule has 0 spiro atoms. The number of piperidine rings is 1. The van der Waals surface area contributed by atoms with Crippen molar-refractivity contribution in [3.8, 4) is 0 Å². The number of hydrogen-bond acceptors (Lipinski definition) is 8. The van der Waals surface area contributed by atoms with Gasteiger partial charge in [0.15, 0.2) is 5.82 Å². The summed E-state index contributed by atoms with van der Waals surface area (Å²) >= 11 is 7.86. The van der Waals surface area contributed by atoms with Crippen molar-refractivity contribution in [3.63, 3.8) is 0 Å². The van der Waals surface area contributed by atoms with Crippen LogP contribution in [0, 0.1) is 12.3 Å². The van der Waals surface area contributed by atoms with Crippen LogP contribution in [0.2, 0.25) is 5.02 Å². The van der Waals surface area contributed by atoms with E-state index >= 15 is 0 Å². The van der Waals surface area contributed by atoms with Gasteiger partial charge in [-0.3, -0.25) is 0 Å². The lowest BCUT2D eigenvalue weighted by Crippen LogP contribution is -2.47. The third-order valence-electron chi connectivity index (χ3n) is 5.83. The Kier molecular flexibility index (Phi) is 6.88. The van der Waals surface area contributed by atoms with Gasteiger partial charge in [0.1, 0.15) is 16.5 Å². The average Bonchev–Trinajstić information content (AvgIpc) is 2.71. The zero-order valence-corrected chi connectivity index (χ0v) is 18.9. The van der Waals surface area contributed by atoms with Gasteiger partial charge in [0, 0.05) is 37.3 Å². The van der Waals surface area contributed by atoms with Crippen LogP contribution in [0.3, 0.4) is 0 Å². The topological polar surface area (TPSA) is 100 Å². The Morgan fingerprint density at radius 1 is 1.38 bits per heavy atom. The lowest BCUT2D eigenvalue weighted by atomic mass is 9.75. The summed E-state index contributed by atoms with van der Waals surface area (Å²) in [4.78, 5) is 16.8. The molecule has 1 saturated heterocycles. The van der Waals surface area contributed by atoms with E-state index in [1.54, 1.807) is 13.2 Å². The molecule has 1 atom stereocenters. The summed E-state index contributed by atoms with van der Waals surface area (Å²) in [5.74, 6) is 1.38. The molecular weight excluding hydrogens is 408 g/mol. The highest BCUT2D eigenvalue weighted by atomic mass is 35.5. The van der Waals surface area contributed by atoms with E-state index in [0.29, 0.717) is 16.5 Å². The molecule has 1 fully saturated rings. The summed E-state index contributed by atoms with van der Waals surface area (Å²) < 4.78 is 0. The number of aliphatic hydroxyl groups excluding tert-OH is 1. The number of rotatable bonds is 6. The largest absolute Gasteiger partial charge is 0.390 e. The van der Waals surface area contributed by atoms with Crippen LogP contribution in [-0.4, -0.2) is 46.2 Å². The molecule has 2 aromatic heterocycles. The molecule has 0 bridgehead atoms. The molecule has 0 unspecified atom stereocenters. The Morgan fingerprint density at radius 3 is 2.66 bits per heavy atom. The van der Waals surface area contributed by atoms with Crippen molar-refractivity contribution in [1.29, 1.82) is 0 Å². The minimum absolute atomic E-state index is 0.136. The number of anilines is 2. The molecule has 29 heavy (non-hydrogen) atoms. The van der Waals surface area contributed by atoms with Crippen molar-refractivity contribution in [2.75, 3.05) is 30.4 Å². The maximum absolute atomic E-state index is 9.95. The van der Waals surface area contributed by atoms with Gasteiger partial charge in [-0.1, -0.05) is 30.3 Å². The molecule has 0 saturated carbocycles. The molecule has 2 aromatic rings. The molecule has 0 amide bonds. The number of aliphatic hydroxyl groups is 1. The number of pyridine rings is 1. The molecule has 1 aliphatic rings. The summed E-state index contributed by atoms with van der Waals surface area (Å²) in [6.07, 6.45) is 3.69. The molecule has 9 heteroatoms. The predicted octanol–water partition coefficient (Wildman–Crippen LogP) is 3.47. The molecule has 1 aliphatic heterocycles. The van der Waals surface area contributed by atoms with Gasteiger partial charge in [-0.05, 0) is 38.2 Å². The molecule has 0 radical (unpaired) electrons. The zero-order chi connectivity index (χ0) is 21.2. The maximum atomic E-state index is 9.95. The van der Waals surface area contributed by atoms with Crippen LogP contribution in [0.1, 0.15) is 38.1 Å². The number of aromatic nitrogens is 3. The van der Waals surface area contributed by atoms with E-state index in [2.05, 4.69) is 29.0 Å². The lowest BCUT2D eigenvalue weighted by molar-refractivity contribution is 0.204. The minimum atomic E-state index is -0.164. The summed E-state index contributed by atoms with van der Waals surface area (Å²) in [6.45, 7) is 7.80. The molecule has 158 valence electrons. The number of nitrogens with zero attached hydrogens (tertiary/aromatic N) is 4. The van der Waals surface area contributed by atoms with Crippen LogP contribution in [0.15, 0.2) is 22.2 Å². The smallest absolute Gasteiger partial charge is 0.153 e. The quantitative estimate of drug-likeness (QED) is 0.632. The second kappa shape index (κ2) is 9.04. The molecule has 0 aliphatic carbocycles. The van der Waals surface area contributed by atoms with Gasteiger partial charge in [0.2, 0.25) is 0 Å². The van der Waals surface area contributed by atoms with Crippen molar-refractivity contribution >= 4 is 35.0 Å². The van der Waals surface area contributed by atoms with Gasteiger partial charge in [-0.15, -0.1) is 0 Å². The fourth-order valence-electron chi connectivity index (χ4n) is 3.45. The number of nitrogens with two attached hydrogens (primary N) is 1. The van der Waals surface area contributed by atoms with Crippen molar-refractivity contribution in [3.05, 3.63) is 28.7 Å². The first-order valence-corrected chi connectivity index (χ1v) is 11.0. The Morgan fingerprint density at radius 2 is 2.07 bits per heavy atom. The molecule has 0 aromatic carbocycles. The van der Waals surface area contributed by atoms with Crippen LogP contribution in [0.5, 0.6) is 0 Å². The van der Waals surface area contributed by atoms with Crippen LogP contribution in [0.25, 0.3) is 0 Å². The van der Waals surface area contributed by atoms with Crippen molar-refractivity contribution < 1.29 is 5.11 Å². The normalized spacial score (nSPS) is 17.3. The number of halogens is 1. The van der Waals surface area contributed by atoms with E-state index in [4.69, 9.17) is 27.3 Å². The summed E-state index contributed by atoms with van der Waals surface area (Å²) in [6, 6.07) is 2.00. The predicted molar refractivity (Wildman–Crippen MR) is 119 cm³/mol. The second-order valence-corrected chi connectivity index (χ2v) is 9.20. The second-order valence-electron chi connectivity index (χ2n) is 7.80. The third-order valence-corrected chi connectivity index (χ3v) is 7.46.